The fraction of sp³-hybridized carbons (Fsp3) is 0.0417. The number of nitrogens with one attached hydrogen (secondary N) is 3. The Balaban J connectivity index is 1.55. The van der Waals surface area contributed by atoms with Crippen molar-refractivity contribution in [2.45, 2.75) is 4.90 Å². The molecule has 0 saturated heterocycles. The number of hydrogen-bond acceptors (Lipinski definition) is 7. The topological polar surface area (TPSA) is 105 Å². The van der Waals surface area contributed by atoms with Crippen LogP contribution in [0.2, 0.25) is 5.02 Å². The van der Waals surface area contributed by atoms with Gasteiger partial charge in [0.05, 0.1) is 0 Å². The maximum Gasteiger partial charge on any atom is 0.248 e. The number of nitrogens with zero attached hydrogens (tertiary/aromatic N) is 2. The van der Waals surface area contributed by atoms with Crippen LogP contribution >= 0.6 is 23.5 Å². The van der Waals surface area contributed by atoms with Gasteiger partial charge in [-0.25, -0.2) is 9.97 Å². The van der Waals surface area contributed by atoms with Crippen LogP contribution in [0.5, 0.6) is 0 Å². The maximum absolute atomic E-state index is 11.5. The lowest BCUT2D eigenvalue weighted by Gasteiger charge is -2.12. The molecule has 0 saturated carbocycles. The number of hydrogen-bond donors (Lipinski definition) is 4. The van der Waals surface area contributed by atoms with Gasteiger partial charge in [0.25, 0.3) is 0 Å². The summed E-state index contributed by atoms with van der Waals surface area (Å²) < 4.78 is 3.06. The second-order valence-electron chi connectivity index (χ2n) is 7.01. The van der Waals surface area contributed by atoms with E-state index in [1.807, 2.05) is 55.6 Å². The molecule has 0 bridgehead atoms. The molecule has 0 aliphatic heterocycles. The largest absolute Gasteiger partial charge is 0.366 e. The summed E-state index contributed by atoms with van der Waals surface area (Å²) in [5, 5.41) is 7.14. The zero-order chi connectivity index (χ0) is 23.2. The number of primary amides is 1. The standard InChI is InChI=1S/C24H21ClN6OS/c1-27-33-19-7-3-6-17(11-19)30-22-13-23(29-14-28-22)31-18-8-9-21(25)20(12-18)15-4-2-5-16(10-15)24(26)32/h2-14,27H,1H3,(H2,26,32)(H2,28,29,30,31). The molecule has 0 aliphatic carbocycles. The Morgan fingerprint density at radius 3 is 2.36 bits per heavy atom. The summed E-state index contributed by atoms with van der Waals surface area (Å²) in [6.07, 6.45) is 1.49. The summed E-state index contributed by atoms with van der Waals surface area (Å²) >= 11 is 7.97. The Kier molecular flexibility index (Phi) is 7.09. The minimum Gasteiger partial charge on any atom is -0.366 e. The van der Waals surface area contributed by atoms with E-state index in [0.717, 1.165) is 27.4 Å². The number of benzene rings is 3. The Labute approximate surface area is 200 Å². The van der Waals surface area contributed by atoms with Crippen LogP contribution in [0.3, 0.4) is 0 Å². The van der Waals surface area contributed by atoms with Crippen molar-refractivity contribution in [1.29, 1.82) is 0 Å². The third-order valence-electron chi connectivity index (χ3n) is 4.69. The molecular formula is C24H21ClN6OS. The van der Waals surface area contributed by atoms with Crippen molar-refractivity contribution in [3.05, 3.63) is 89.7 Å². The van der Waals surface area contributed by atoms with Crippen LogP contribution in [0.25, 0.3) is 11.1 Å². The SMILES string of the molecule is CNSc1cccc(Nc2cc(Nc3ccc(Cl)c(-c4cccc(C(N)=O)c4)c3)ncn2)c1. The highest BCUT2D eigenvalue weighted by molar-refractivity contribution is 7.97. The fourth-order valence-electron chi connectivity index (χ4n) is 3.21. The molecule has 0 unspecified atom stereocenters. The summed E-state index contributed by atoms with van der Waals surface area (Å²) in [5.41, 5.74) is 9.11. The third kappa shape index (κ3) is 5.81. The van der Waals surface area contributed by atoms with Crippen molar-refractivity contribution >= 4 is 52.5 Å². The van der Waals surface area contributed by atoms with E-state index in [0.29, 0.717) is 22.2 Å². The molecule has 1 aromatic heterocycles. The smallest absolute Gasteiger partial charge is 0.248 e. The summed E-state index contributed by atoms with van der Waals surface area (Å²) in [4.78, 5) is 21.3. The van der Waals surface area contributed by atoms with Gasteiger partial charge in [0.15, 0.2) is 0 Å². The highest BCUT2D eigenvalue weighted by Gasteiger charge is 2.09. The monoisotopic (exact) mass is 476 g/mol. The first-order valence-corrected chi connectivity index (χ1v) is 11.2. The number of carbonyl (C=O) groups is 1. The fourth-order valence-corrected chi connectivity index (χ4v) is 4.00. The molecule has 9 heteroatoms. The summed E-state index contributed by atoms with van der Waals surface area (Å²) in [7, 11) is 1.88. The van der Waals surface area contributed by atoms with E-state index < -0.39 is 5.91 Å². The molecule has 4 rings (SSSR count). The zero-order valence-corrected chi connectivity index (χ0v) is 19.2. The molecule has 166 valence electrons. The quantitative estimate of drug-likeness (QED) is 0.245. The average Bonchev–Trinajstić information content (AvgIpc) is 2.81. The molecule has 0 radical (unpaired) electrons. The molecule has 0 aliphatic rings. The number of anilines is 4. The molecule has 1 amide bonds. The van der Waals surface area contributed by atoms with E-state index in [1.54, 1.807) is 24.3 Å². The van der Waals surface area contributed by atoms with Gasteiger partial charge in [-0.05, 0) is 73.1 Å². The maximum atomic E-state index is 11.5. The Hall–Kier alpha value is -3.59. The first kappa shape index (κ1) is 22.6. The van der Waals surface area contributed by atoms with Gasteiger partial charge in [-0.1, -0.05) is 29.8 Å². The Morgan fingerprint density at radius 1 is 0.909 bits per heavy atom. The van der Waals surface area contributed by atoms with Gasteiger partial charge >= 0.3 is 0 Å². The van der Waals surface area contributed by atoms with Gasteiger partial charge in [0.1, 0.15) is 18.0 Å². The predicted octanol–water partition coefficient (Wildman–Crippen LogP) is 5.61. The molecule has 0 fully saturated rings. The van der Waals surface area contributed by atoms with Crippen molar-refractivity contribution in [3.63, 3.8) is 0 Å². The second kappa shape index (κ2) is 10.4. The van der Waals surface area contributed by atoms with Crippen LogP contribution in [0.4, 0.5) is 23.0 Å². The van der Waals surface area contributed by atoms with Crippen molar-refractivity contribution in [2.75, 3.05) is 17.7 Å². The molecular weight excluding hydrogens is 456 g/mol. The van der Waals surface area contributed by atoms with Gasteiger partial charge in [0, 0.05) is 38.5 Å². The lowest BCUT2D eigenvalue weighted by atomic mass is 10.0. The van der Waals surface area contributed by atoms with Gasteiger partial charge in [-0.2, -0.15) is 0 Å². The van der Waals surface area contributed by atoms with E-state index in [2.05, 4.69) is 25.3 Å². The van der Waals surface area contributed by atoms with Crippen LogP contribution in [0.1, 0.15) is 10.4 Å². The number of rotatable bonds is 8. The van der Waals surface area contributed by atoms with Crippen LogP contribution in [-0.2, 0) is 0 Å². The Bertz CT molecular complexity index is 1300. The second-order valence-corrected chi connectivity index (χ2v) is 8.50. The van der Waals surface area contributed by atoms with Crippen LogP contribution < -0.4 is 21.1 Å². The molecule has 1 heterocycles. The highest BCUT2D eigenvalue weighted by Crippen LogP contribution is 2.32. The molecule has 0 atom stereocenters. The average molecular weight is 477 g/mol. The van der Waals surface area contributed by atoms with Crippen LogP contribution in [0, 0.1) is 0 Å². The van der Waals surface area contributed by atoms with Gasteiger partial charge in [0.2, 0.25) is 5.91 Å². The summed E-state index contributed by atoms with van der Waals surface area (Å²) in [6.45, 7) is 0. The number of nitrogens with two attached hydrogens (primary N) is 1. The third-order valence-corrected chi connectivity index (χ3v) is 5.71. The number of amides is 1. The van der Waals surface area contributed by atoms with E-state index in [4.69, 9.17) is 17.3 Å². The summed E-state index contributed by atoms with van der Waals surface area (Å²) in [6, 6.07) is 22.4. The Morgan fingerprint density at radius 2 is 1.64 bits per heavy atom. The van der Waals surface area contributed by atoms with Crippen molar-refractivity contribution in [3.8, 4) is 11.1 Å². The van der Waals surface area contributed by atoms with E-state index in [-0.39, 0.29) is 0 Å². The first-order chi connectivity index (χ1) is 16.0. The van der Waals surface area contributed by atoms with Crippen molar-refractivity contribution < 1.29 is 4.79 Å². The molecule has 33 heavy (non-hydrogen) atoms. The minimum absolute atomic E-state index is 0.422. The minimum atomic E-state index is -0.488. The van der Waals surface area contributed by atoms with E-state index in [9.17, 15) is 4.79 Å². The molecule has 4 aromatic rings. The zero-order valence-electron chi connectivity index (χ0n) is 17.7. The normalized spacial score (nSPS) is 10.6. The predicted molar refractivity (Wildman–Crippen MR) is 135 cm³/mol. The van der Waals surface area contributed by atoms with E-state index in [1.165, 1.54) is 18.3 Å². The number of aromatic nitrogens is 2. The van der Waals surface area contributed by atoms with Gasteiger partial charge < -0.3 is 16.4 Å². The highest BCUT2D eigenvalue weighted by atomic mass is 35.5. The van der Waals surface area contributed by atoms with Crippen molar-refractivity contribution in [2.24, 2.45) is 5.73 Å². The molecule has 0 spiro atoms. The van der Waals surface area contributed by atoms with Crippen molar-refractivity contribution in [1.82, 2.24) is 14.7 Å². The number of halogens is 1. The lowest BCUT2D eigenvalue weighted by molar-refractivity contribution is 0.100. The van der Waals surface area contributed by atoms with Crippen LogP contribution in [0.15, 0.2) is 84.0 Å². The van der Waals surface area contributed by atoms with Gasteiger partial charge in [-0.3, -0.25) is 9.52 Å². The molecule has 3 aromatic carbocycles. The van der Waals surface area contributed by atoms with Gasteiger partial charge in [-0.15, -0.1) is 0 Å². The molecule has 5 N–H and O–H groups in total. The van der Waals surface area contributed by atoms with E-state index >= 15 is 0 Å². The summed E-state index contributed by atoms with van der Waals surface area (Å²) in [5.74, 6) is 0.785. The lowest BCUT2D eigenvalue weighted by Crippen LogP contribution is -2.10. The molecule has 7 nitrogen and oxygen atoms in total. The number of carbonyl (C=O) groups excluding carboxylic acids is 1. The van der Waals surface area contributed by atoms with Crippen LogP contribution in [-0.4, -0.2) is 22.9 Å². The first-order valence-electron chi connectivity index (χ1n) is 10.0.